The summed E-state index contributed by atoms with van der Waals surface area (Å²) in [6, 6.07) is 5.43. The largest absolute Gasteiger partial charge is 0.443 e. The van der Waals surface area contributed by atoms with Crippen molar-refractivity contribution in [2.45, 2.75) is 45.8 Å². The smallest absolute Gasteiger partial charge is 0.419 e. The molecule has 1 atom stereocenters. The van der Waals surface area contributed by atoms with Crippen molar-refractivity contribution in [3.05, 3.63) is 30.1 Å². The quantitative estimate of drug-likeness (QED) is 0.913. The number of carbonyl (C=O) groups excluding carboxylic acids is 1. The molecule has 2 rings (SSSR count). The number of rotatable bonds is 2. The van der Waals surface area contributed by atoms with Gasteiger partial charge in [0.2, 0.25) is 0 Å². The van der Waals surface area contributed by atoms with E-state index in [2.05, 4.69) is 4.98 Å². The molecule has 0 saturated carbocycles. The molecule has 0 bridgehead atoms. The average molecular weight is 275 g/mol. The van der Waals surface area contributed by atoms with Gasteiger partial charge in [-0.05, 0) is 45.4 Å². The second-order valence-electron chi connectivity index (χ2n) is 5.82. The third-order valence-electron chi connectivity index (χ3n) is 2.97. The van der Waals surface area contributed by atoms with Crippen LogP contribution in [0.25, 0.3) is 11.0 Å². The first-order chi connectivity index (χ1) is 9.31. The fourth-order valence-electron chi connectivity index (χ4n) is 1.92. The van der Waals surface area contributed by atoms with Gasteiger partial charge in [-0.1, -0.05) is 6.92 Å². The summed E-state index contributed by atoms with van der Waals surface area (Å²) < 4.78 is 6.83. The Hall–Kier alpha value is -1.88. The zero-order chi connectivity index (χ0) is 14.9. The molecule has 2 heterocycles. The summed E-state index contributed by atoms with van der Waals surface area (Å²) in [5, 5.41) is 0. The van der Waals surface area contributed by atoms with Gasteiger partial charge in [0.25, 0.3) is 0 Å². The summed E-state index contributed by atoms with van der Waals surface area (Å²) in [5.74, 6) is 0. The lowest BCUT2D eigenvalue weighted by molar-refractivity contribution is 0.0544. The minimum atomic E-state index is -0.522. The number of hydrogen-bond acceptors (Lipinski definition) is 4. The summed E-state index contributed by atoms with van der Waals surface area (Å²) in [7, 11) is 0. The predicted molar refractivity (Wildman–Crippen MR) is 78.6 cm³/mol. The molecule has 2 N–H and O–H groups in total. The van der Waals surface area contributed by atoms with Gasteiger partial charge in [-0.3, -0.25) is 4.57 Å². The third kappa shape index (κ3) is 2.99. The lowest BCUT2D eigenvalue weighted by atomic mass is 10.1. The Bertz CT molecular complexity index is 626. The van der Waals surface area contributed by atoms with Gasteiger partial charge >= 0.3 is 6.09 Å². The highest BCUT2D eigenvalue weighted by molar-refractivity contribution is 5.87. The molecule has 0 radical (unpaired) electrons. The zero-order valence-electron chi connectivity index (χ0n) is 12.4. The Labute approximate surface area is 118 Å². The number of hydrogen-bond donors (Lipinski definition) is 1. The highest BCUT2D eigenvalue weighted by Gasteiger charge is 2.19. The summed E-state index contributed by atoms with van der Waals surface area (Å²) >= 11 is 0. The van der Waals surface area contributed by atoms with Gasteiger partial charge in [0.1, 0.15) is 5.60 Å². The maximum Gasteiger partial charge on any atom is 0.419 e. The molecule has 0 unspecified atom stereocenters. The molecule has 2 aromatic rings. The van der Waals surface area contributed by atoms with E-state index in [4.69, 9.17) is 10.5 Å². The van der Waals surface area contributed by atoms with Crippen molar-refractivity contribution >= 4 is 17.1 Å². The number of nitrogens with zero attached hydrogens (tertiary/aromatic N) is 2. The van der Waals surface area contributed by atoms with E-state index in [-0.39, 0.29) is 6.04 Å². The zero-order valence-corrected chi connectivity index (χ0v) is 12.4. The predicted octanol–water partition coefficient (Wildman–Crippen LogP) is 3.23. The van der Waals surface area contributed by atoms with Crippen LogP contribution in [-0.2, 0) is 4.74 Å². The van der Waals surface area contributed by atoms with Gasteiger partial charge < -0.3 is 10.5 Å². The summed E-state index contributed by atoms with van der Waals surface area (Å²) in [6.07, 6.45) is 2.10. The number of carbonyl (C=O) groups is 1. The van der Waals surface area contributed by atoms with Crippen LogP contribution in [-0.4, -0.2) is 21.2 Å². The number of ether oxygens (including phenoxy) is 1. The van der Waals surface area contributed by atoms with Crippen molar-refractivity contribution in [3.63, 3.8) is 0 Å². The SMILES string of the molecule is CC[C@@H](N)c1ccc2c(ccn2C(=O)OC(C)(C)C)n1. The maximum absolute atomic E-state index is 12.1. The minimum absolute atomic E-state index is 0.0794. The Balaban J connectivity index is 2.36. The Morgan fingerprint density at radius 1 is 1.40 bits per heavy atom. The van der Waals surface area contributed by atoms with E-state index in [0.717, 1.165) is 23.1 Å². The van der Waals surface area contributed by atoms with Gasteiger partial charge in [-0.2, -0.15) is 0 Å². The molecular formula is C15H21N3O2. The molecule has 2 aromatic heterocycles. The highest BCUT2D eigenvalue weighted by Crippen LogP contribution is 2.20. The van der Waals surface area contributed by atoms with Gasteiger partial charge in [0.05, 0.1) is 16.7 Å². The molecule has 108 valence electrons. The molecule has 20 heavy (non-hydrogen) atoms. The lowest BCUT2D eigenvalue weighted by Crippen LogP contribution is -2.26. The van der Waals surface area contributed by atoms with Crippen molar-refractivity contribution in [3.8, 4) is 0 Å². The Morgan fingerprint density at radius 2 is 2.10 bits per heavy atom. The Morgan fingerprint density at radius 3 is 2.70 bits per heavy atom. The first kappa shape index (κ1) is 14.5. The third-order valence-corrected chi connectivity index (χ3v) is 2.97. The van der Waals surface area contributed by atoms with E-state index in [0.29, 0.717) is 0 Å². The van der Waals surface area contributed by atoms with Gasteiger partial charge in [0.15, 0.2) is 0 Å². The molecule has 0 aliphatic rings. The summed E-state index contributed by atoms with van der Waals surface area (Å²) in [5.41, 5.74) is 7.76. The molecule has 0 spiro atoms. The number of aromatic nitrogens is 2. The van der Waals surface area contributed by atoms with Crippen LogP contribution in [0.4, 0.5) is 4.79 Å². The van der Waals surface area contributed by atoms with Crippen LogP contribution in [0.2, 0.25) is 0 Å². The summed E-state index contributed by atoms with van der Waals surface area (Å²) in [4.78, 5) is 16.6. The first-order valence-corrected chi connectivity index (χ1v) is 6.79. The fraction of sp³-hybridized carbons (Fsp3) is 0.467. The van der Waals surface area contributed by atoms with E-state index in [1.807, 2.05) is 39.8 Å². The normalized spacial score (nSPS) is 13.4. The number of pyridine rings is 1. The van der Waals surface area contributed by atoms with E-state index in [9.17, 15) is 4.79 Å². The van der Waals surface area contributed by atoms with Gasteiger partial charge in [-0.15, -0.1) is 0 Å². The molecule has 0 fully saturated rings. The van der Waals surface area contributed by atoms with E-state index in [1.54, 1.807) is 12.3 Å². The van der Waals surface area contributed by atoms with E-state index in [1.165, 1.54) is 4.57 Å². The van der Waals surface area contributed by atoms with Gasteiger partial charge in [0, 0.05) is 12.2 Å². The molecule has 0 aliphatic carbocycles. The van der Waals surface area contributed by atoms with Crippen LogP contribution in [0.1, 0.15) is 45.9 Å². The van der Waals surface area contributed by atoms with E-state index >= 15 is 0 Å². The maximum atomic E-state index is 12.1. The van der Waals surface area contributed by atoms with Crippen LogP contribution in [0, 0.1) is 0 Å². The number of fused-ring (bicyclic) bond motifs is 1. The van der Waals surface area contributed by atoms with Crippen molar-refractivity contribution in [2.24, 2.45) is 5.73 Å². The molecule has 5 nitrogen and oxygen atoms in total. The molecular weight excluding hydrogens is 254 g/mol. The van der Waals surface area contributed by atoms with Crippen LogP contribution in [0.15, 0.2) is 24.4 Å². The van der Waals surface area contributed by atoms with E-state index < -0.39 is 11.7 Å². The highest BCUT2D eigenvalue weighted by atomic mass is 16.6. The molecule has 0 aromatic carbocycles. The average Bonchev–Trinajstić information content (AvgIpc) is 2.78. The van der Waals surface area contributed by atoms with Crippen LogP contribution in [0.5, 0.6) is 0 Å². The lowest BCUT2D eigenvalue weighted by Gasteiger charge is -2.19. The minimum Gasteiger partial charge on any atom is -0.443 e. The van der Waals surface area contributed by atoms with Crippen molar-refractivity contribution < 1.29 is 9.53 Å². The van der Waals surface area contributed by atoms with Crippen LogP contribution in [0.3, 0.4) is 0 Å². The van der Waals surface area contributed by atoms with Crippen molar-refractivity contribution in [1.82, 2.24) is 9.55 Å². The first-order valence-electron chi connectivity index (χ1n) is 6.79. The Kier molecular flexibility index (Phi) is 3.81. The molecule has 0 saturated heterocycles. The number of nitrogens with two attached hydrogens (primary N) is 1. The second kappa shape index (κ2) is 5.25. The standard InChI is InChI=1S/C15H21N3O2/c1-5-10(16)11-6-7-13-12(17-11)8-9-18(13)14(19)20-15(2,3)4/h6-10H,5,16H2,1-4H3/t10-/m1/s1. The van der Waals surface area contributed by atoms with Crippen LogP contribution >= 0.6 is 0 Å². The monoisotopic (exact) mass is 275 g/mol. The fourth-order valence-corrected chi connectivity index (χ4v) is 1.92. The topological polar surface area (TPSA) is 70.1 Å². The van der Waals surface area contributed by atoms with Gasteiger partial charge in [-0.25, -0.2) is 9.78 Å². The molecule has 0 amide bonds. The van der Waals surface area contributed by atoms with Crippen LogP contribution < -0.4 is 5.73 Å². The van der Waals surface area contributed by atoms with Crippen molar-refractivity contribution in [2.75, 3.05) is 0 Å². The molecule has 5 heteroatoms. The summed E-state index contributed by atoms with van der Waals surface area (Å²) in [6.45, 7) is 7.54. The second-order valence-corrected chi connectivity index (χ2v) is 5.82. The molecule has 0 aliphatic heterocycles. The van der Waals surface area contributed by atoms with Crippen molar-refractivity contribution in [1.29, 1.82) is 0 Å².